The predicted molar refractivity (Wildman–Crippen MR) is 63.6 cm³/mol. The molecule has 100 valence electrons. The van der Waals surface area contributed by atoms with Crippen molar-refractivity contribution < 1.29 is 19.5 Å². The molecule has 1 saturated heterocycles. The predicted octanol–water partition coefficient (Wildman–Crippen LogP) is 1.27. The lowest BCUT2D eigenvalue weighted by Gasteiger charge is -2.20. The van der Waals surface area contributed by atoms with E-state index in [-0.39, 0.29) is 30.2 Å². The van der Waals surface area contributed by atoms with Crippen LogP contribution in [0.5, 0.6) is 0 Å². The van der Waals surface area contributed by atoms with E-state index in [2.05, 4.69) is 0 Å². The Morgan fingerprint density at radius 1 is 1.33 bits per heavy atom. The molecule has 0 bridgehead atoms. The second-order valence-electron chi connectivity index (χ2n) is 5.25. The summed E-state index contributed by atoms with van der Waals surface area (Å²) in [4.78, 5) is 36.4. The molecule has 1 saturated carbocycles. The van der Waals surface area contributed by atoms with Gasteiger partial charge in [-0.1, -0.05) is 19.8 Å². The zero-order valence-electron chi connectivity index (χ0n) is 10.6. The number of nitrogens with zero attached hydrogens (tertiary/aromatic N) is 1. The molecule has 0 aromatic heterocycles. The zero-order valence-corrected chi connectivity index (χ0v) is 10.6. The molecule has 1 aliphatic heterocycles. The van der Waals surface area contributed by atoms with E-state index in [9.17, 15) is 14.4 Å². The van der Waals surface area contributed by atoms with Crippen LogP contribution in [0.25, 0.3) is 0 Å². The Bertz CT molecular complexity index is 357. The van der Waals surface area contributed by atoms with Crippen LogP contribution < -0.4 is 0 Å². The average molecular weight is 253 g/mol. The molecule has 3 unspecified atom stereocenters. The molecule has 0 spiro atoms. The van der Waals surface area contributed by atoms with Gasteiger partial charge in [0.15, 0.2) is 0 Å². The molecule has 2 fully saturated rings. The van der Waals surface area contributed by atoms with Crippen molar-refractivity contribution in [3.63, 3.8) is 0 Å². The second-order valence-corrected chi connectivity index (χ2v) is 5.25. The normalized spacial score (nSPS) is 28.6. The van der Waals surface area contributed by atoms with E-state index >= 15 is 0 Å². The van der Waals surface area contributed by atoms with Gasteiger partial charge >= 0.3 is 5.97 Å². The SMILES string of the molecule is CCCC(CN1C(=O)C2CCCC2C1=O)C(=O)O. The number of aliphatic carboxylic acids is 1. The summed E-state index contributed by atoms with van der Waals surface area (Å²) in [6, 6.07) is 0. The minimum absolute atomic E-state index is 0.0494. The Balaban J connectivity index is 2.07. The molecule has 0 aromatic rings. The number of fused-ring (bicyclic) bond motifs is 1. The van der Waals surface area contributed by atoms with Crippen LogP contribution in [0.2, 0.25) is 0 Å². The van der Waals surface area contributed by atoms with Crippen molar-refractivity contribution >= 4 is 17.8 Å². The summed E-state index contributed by atoms with van der Waals surface area (Å²) in [6.07, 6.45) is 3.72. The highest BCUT2D eigenvalue weighted by molar-refractivity contribution is 6.05. The van der Waals surface area contributed by atoms with Gasteiger partial charge in [0.2, 0.25) is 11.8 Å². The Morgan fingerprint density at radius 3 is 2.33 bits per heavy atom. The van der Waals surface area contributed by atoms with Gasteiger partial charge in [0.1, 0.15) is 0 Å². The Hall–Kier alpha value is -1.39. The molecule has 0 radical (unpaired) electrons. The van der Waals surface area contributed by atoms with E-state index in [1.54, 1.807) is 0 Å². The first-order chi connectivity index (χ1) is 8.56. The summed E-state index contributed by atoms with van der Waals surface area (Å²) < 4.78 is 0. The van der Waals surface area contributed by atoms with Crippen molar-refractivity contribution in [1.29, 1.82) is 0 Å². The highest BCUT2D eigenvalue weighted by Crippen LogP contribution is 2.40. The van der Waals surface area contributed by atoms with E-state index in [1.165, 1.54) is 4.90 Å². The Morgan fingerprint density at radius 2 is 1.89 bits per heavy atom. The number of carboxylic acid groups (broad SMARTS) is 1. The molecule has 1 N–H and O–H groups in total. The Labute approximate surface area is 106 Å². The van der Waals surface area contributed by atoms with Crippen LogP contribution in [0.3, 0.4) is 0 Å². The molecule has 2 rings (SSSR count). The molecule has 1 aliphatic carbocycles. The Kier molecular flexibility index (Phi) is 3.68. The van der Waals surface area contributed by atoms with Gasteiger partial charge in [-0.25, -0.2) is 0 Å². The van der Waals surface area contributed by atoms with Crippen LogP contribution in [0, 0.1) is 17.8 Å². The number of imide groups is 1. The lowest BCUT2D eigenvalue weighted by molar-refractivity contribution is -0.146. The molecular weight excluding hydrogens is 234 g/mol. The third-order valence-corrected chi connectivity index (χ3v) is 4.07. The summed E-state index contributed by atoms with van der Waals surface area (Å²) in [7, 11) is 0. The number of amides is 2. The summed E-state index contributed by atoms with van der Waals surface area (Å²) in [5.41, 5.74) is 0. The van der Waals surface area contributed by atoms with Crippen molar-refractivity contribution in [2.75, 3.05) is 6.54 Å². The van der Waals surface area contributed by atoms with Crippen LogP contribution in [-0.4, -0.2) is 34.3 Å². The van der Waals surface area contributed by atoms with Gasteiger partial charge in [0.05, 0.1) is 17.8 Å². The summed E-state index contributed by atoms with van der Waals surface area (Å²) in [5.74, 6) is -2.19. The first-order valence-corrected chi connectivity index (χ1v) is 6.64. The maximum Gasteiger partial charge on any atom is 0.308 e. The third-order valence-electron chi connectivity index (χ3n) is 4.07. The van der Waals surface area contributed by atoms with Gasteiger partial charge in [-0.05, 0) is 19.3 Å². The van der Waals surface area contributed by atoms with Crippen molar-refractivity contribution in [3.8, 4) is 0 Å². The van der Waals surface area contributed by atoms with Gasteiger partial charge < -0.3 is 5.11 Å². The largest absolute Gasteiger partial charge is 0.481 e. The standard InChI is InChI=1S/C13H19NO4/c1-2-4-8(13(17)18)7-14-11(15)9-5-3-6-10(9)12(14)16/h8-10H,2-7H2,1H3,(H,17,18). The number of rotatable bonds is 5. The summed E-state index contributed by atoms with van der Waals surface area (Å²) in [6.45, 7) is 1.95. The van der Waals surface area contributed by atoms with Crippen LogP contribution >= 0.6 is 0 Å². The van der Waals surface area contributed by atoms with Crippen molar-refractivity contribution in [2.45, 2.75) is 39.0 Å². The molecule has 3 atom stereocenters. The average Bonchev–Trinajstić information content (AvgIpc) is 2.88. The van der Waals surface area contributed by atoms with E-state index < -0.39 is 11.9 Å². The van der Waals surface area contributed by atoms with Crippen LogP contribution in [-0.2, 0) is 14.4 Å². The highest BCUT2D eigenvalue weighted by Gasteiger charge is 2.50. The van der Waals surface area contributed by atoms with Gasteiger partial charge in [-0.2, -0.15) is 0 Å². The van der Waals surface area contributed by atoms with Gasteiger partial charge in [-0.3, -0.25) is 19.3 Å². The fourth-order valence-electron chi connectivity index (χ4n) is 3.10. The second kappa shape index (κ2) is 5.08. The molecule has 2 aliphatic rings. The maximum atomic E-state index is 12.1. The van der Waals surface area contributed by atoms with Crippen LogP contribution in [0.15, 0.2) is 0 Å². The maximum absolute atomic E-state index is 12.1. The number of hydrogen-bond donors (Lipinski definition) is 1. The fourth-order valence-corrected chi connectivity index (χ4v) is 3.10. The van der Waals surface area contributed by atoms with E-state index in [1.807, 2.05) is 6.92 Å². The number of hydrogen-bond acceptors (Lipinski definition) is 3. The van der Waals surface area contributed by atoms with E-state index in [0.29, 0.717) is 6.42 Å². The molecule has 18 heavy (non-hydrogen) atoms. The van der Waals surface area contributed by atoms with Crippen molar-refractivity contribution in [2.24, 2.45) is 17.8 Å². The summed E-state index contributed by atoms with van der Waals surface area (Å²) >= 11 is 0. The van der Waals surface area contributed by atoms with Crippen LogP contribution in [0.1, 0.15) is 39.0 Å². The topological polar surface area (TPSA) is 74.7 Å². The molecule has 5 heteroatoms. The van der Waals surface area contributed by atoms with Gasteiger partial charge in [0.25, 0.3) is 0 Å². The van der Waals surface area contributed by atoms with Crippen LogP contribution in [0.4, 0.5) is 0 Å². The lowest BCUT2D eigenvalue weighted by Crippen LogP contribution is -2.38. The number of carbonyl (C=O) groups is 3. The van der Waals surface area contributed by atoms with E-state index in [4.69, 9.17) is 5.11 Å². The fraction of sp³-hybridized carbons (Fsp3) is 0.769. The minimum atomic E-state index is -0.922. The number of carbonyl (C=O) groups excluding carboxylic acids is 2. The number of carboxylic acids is 1. The van der Waals surface area contributed by atoms with Gasteiger partial charge in [-0.15, -0.1) is 0 Å². The molecule has 0 aromatic carbocycles. The molecule has 5 nitrogen and oxygen atoms in total. The number of likely N-dealkylation sites (tertiary alicyclic amines) is 1. The quantitative estimate of drug-likeness (QED) is 0.749. The van der Waals surface area contributed by atoms with E-state index in [0.717, 1.165) is 25.7 Å². The lowest BCUT2D eigenvalue weighted by atomic mass is 10.00. The summed E-state index contributed by atoms with van der Waals surface area (Å²) in [5, 5.41) is 9.09. The first kappa shape index (κ1) is 13.1. The molecule has 2 amide bonds. The molecule has 1 heterocycles. The smallest absolute Gasteiger partial charge is 0.308 e. The van der Waals surface area contributed by atoms with Crippen molar-refractivity contribution in [1.82, 2.24) is 4.90 Å². The van der Waals surface area contributed by atoms with Gasteiger partial charge in [0, 0.05) is 6.54 Å². The monoisotopic (exact) mass is 253 g/mol. The molecular formula is C13H19NO4. The van der Waals surface area contributed by atoms with Crippen molar-refractivity contribution in [3.05, 3.63) is 0 Å². The zero-order chi connectivity index (χ0) is 13.3. The third kappa shape index (κ3) is 2.13. The first-order valence-electron chi connectivity index (χ1n) is 6.64. The highest BCUT2D eigenvalue weighted by atomic mass is 16.4. The minimum Gasteiger partial charge on any atom is -0.481 e.